The van der Waals surface area contributed by atoms with E-state index in [9.17, 15) is 0 Å². The number of nitrogens with zero attached hydrogens (tertiary/aromatic N) is 2. The molecular weight excluding hydrogens is 212 g/mol. The van der Waals surface area contributed by atoms with E-state index in [4.69, 9.17) is 5.73 Å². The first-order valence-corrected chi connectivity index (χ1v) is 6.34. The van der Waals surface area contributed by atoms with Gasteiger partial charge in [0.1, 0.15) is 5.82 Å². The van der Waals surface area contributed by atoms with E-state index in [1.54, 1.807) is 6.20 Å². The Morgan fingerprint density at radius 3 is 3.06 bits per heavy atom. The summed E-state index contributed by atoms with van der Waals surface area (Å²) in [4.78, 5) is 6.52. The average molecular weight is 234 g/mol. The summed E-state index contributed by atoms with van der Waals surface area (Å²) in [6, 6.07) is 4.51. The summed E-state index contributed by atoms with van der Waals surface area (Å²) < 4.78 is 0. The SMILES string of the molecule is CC(C)N1CCC(CNc2ccnc(N)c2)C1. The van der Waals surface area contributed by atoms with Crippen molar-refractivity contribution in [2.24, 2.45) is 5.92 Å². The van der Waals surface area contributed by atoms with Gasteiger partial charge in [0.05, 0.1) is 0 Å². The maximum Gasteiger partial charge on any atom is 0.125 e. The lowest BCUT2D eigenvalue weighted by atomic mass is 10.1. The first-order valence-electron chi connectivity index (χ1n) is 6.34. The minimum Gasteiger partial charge on any atom is -0.385 e. The highest BCUT2D eigenvalue weighted by Crippen LogP contribution is 2.19. The quantitative estimate of drug-likeness (QED) is 0.834. The van der Waals surface area contributed by atoms with Gasteiger partial charge in [-0.05, 0) is 38.8 Å². The predicted octanol–water partition coefficient (Wildman–Crippen LogP) is 1.81. The van der Waals surface area contributed by atoms with Gasteiger partial charge < -0.3 is 16.0 Å². The lowest BCUT2D eigenvalue weighted by molar-refractivity contribution is 0.266. The molecule has 2 rings (SSSR count). The van der Waals surface area contributed by atoms with Gasteiger partial charge in [0.25, 0.3) is 0 Å². The van der Waals surface area contributed by atoms with Gasteiger partial charge in [-0.2, -0.15) is 0 Å². The Morgan fingerprint density at radius 2 is 2.41 bits per heavy atom. The number of hydrogen-bond acceptors (Lipinski definition) is 4. The molecule has 0 aliphatic carbocycles. The van der Waals surface area contributed by atoms with Crippen molar-refractivity contribution in [2.75, 3.05) is 30.7 Å². The number of nitrogens with one attached hydrogen (secondary N) is 1. The Morgan fingerprint density at radius 1 is 1.59 bits per heavy atom. The second-order valence-corrected chi connectivity index (χ2v) is 5.09. The first kappa shape index (κ1) is 12.2. The molecule has 0 amide bonds. The molecule has 4 heteroatoms. The Bertz CT molecular complexity index is 364. The van der Waals surface area contributed by atoms with Crippen LogP contribution in [0.5, 0.6) is 0 Å². The molecule has 1 fully saturated rings. The number of anilines is 2. The van der Waals surface area contributed by atoms with Crippen molar-refractivity contribution in [2.45, 2.75) is 26.3 Å². The second kappa shape index (κ2) is 5.36. The summed E-state index contributed by atoms with van der Waals surface area (Å²) in [5.41, 5.74) is 6.71. The largest absolute Gasteiger partial charge is 0.385 e. The average Bonchev–Trinajstić information content (AvgIpc) is 2.75. The van der Waals surface area contributed by atoms with Gasteiger partial charge in [0.2, 0.25) is 0 Å². The van der Waals surface area contributed by atoms with E-state index >= 15 is 0 Å². The zero-order valence-electron chi connectivity index (χ0n) is 10.7. The van der Waals surface area contributed by atoms with Crippen molar-refractivity contribution in [3.8, 4) is 0 Å². The van der Waals surface area contributed by atoms with Crippen molar-refractivity contribution in [1.29, 1.82) is 0 Å². The van der Waals surface area contributed by atoms with Crippen LogP contribution in [-0.4, -0.2) is 35.6 Å². The lowest BCUT2D eigenvalue weighted by Gasteiger charge is -2.20. The van der Waals surface area contributed by atoms with E-state index in [-0.39, 0.29) is 0 Å². The van der Waals surface area contributed by atoms with Crippen LogP contribution in [0.4, 0.5) is 11.5 Å². The smallest absolute Gasteiger partial charge is 0.125 e. The van der Waals surface area contributed by atoms with Crippen LogP contribution < -0.4 is 11.1 Å². The highest BCUT2D eigenvalue weighted by Gasteiger charge is 2.23. The maximum absolute atomic E-state index is 5.64. The lowest BCUT2D eigenvalue weighted by Crippen LogP contribution is -2.29. The highest BCUT2D eigenvalue weighted by molar-refractivity contribution is 5.49. The fourth-order valence-corrected chi connectivity index (χ4v) is 2.32. The molecule has 1 unspecified atom stereocenters. The molecule has 4 nitrogen and oxygen atoms in total. The fourth-order valence-electron chi connectivity index (χ4n) is 2.32. The van der Waals surface area contributed by atoms with E-state index in [2.05, 4.69) is 29.0 Å². The molecule has 2 heterocycles. The van der Waals surface area contributed by atoms with Crippen molar-refractivity contribution in [3.63, 3.8) is 0 Å². The molecule has 17 heavy (non-hydrogen) atoms. The summed E-state index contributed by atoms with van der Waals surface area (Å²) in [5.74, 6) is 1.32. The second-order valence-electron chi connectivity index (χ2n) is 5.09. The monoisotopic (exact) mass is 234 g/mol. The van der Waals surface area contributed by atoms with Crippen molar-refractivity contribution < 1.29 is 0 Å². The van der Waals surface area contributed by atoms with Crippen LogP contribution in [0.1, 0.15) is 20.3 Å². The van der Waals surface area contributed by atoms with E-state index in [1.807, 2.05) is 12.1 Å². The van der Waals surface area contributed by atoms with E-state index in [1.165, 1.54) is 19.5 Å². The molecule has 0 spiro atoms. The zero-order valence-corrected chi connectivity index (χ0v) is 10.7. The number of nitrogen functional groups attached to an aromatic ring is 1. The van der Waals surface area contributed by atoms with Crippen LogP contribution in [0.15, 0.2) is 18.3 Å². The van der Waals surface area contributed by atoms with Gasteiger partial charge in [-0.25, -0.2) is 4.98 Å². The van der Waals surface area contributed by atoms with Crippen molar-refractivity contribution >= 4 is 11.5 Å². The Kier molecular flexibility index (Phi) is 3.84. The van der Waals surface area contributed by atoms with Crippen LogP contribution in [0, 0.1) is 5.92 Å². The predicted molar refractivity (Wildman–Crippen MR) is 72.0 cm³/mol. The molecule has 1 aromatic heterocycles. The van der Waals surface area contributed by atoms with Crippen LogP contribution in [0.25, 0.3) is 0 Å². The molecule has 0 aromatic carbocycles. The Hall–Kier alpha value is -1.29. The third kappa shape index (κ3) is 3.33. The third-order valence-corrected chi connectivity index (χ3v) is 3.42. The minimum atomic E-state index is 0.574. The molecule has 1 aliphatic rings. The van der Waals surface area contributed by atoms with Gasteiger partial charge in [-0.3, -0.25) is 0 Å². The van der Waals surface area contributed by atoms with Crippen LogP contribution in [0.3, 0.4) is 0 Å². The minimum absolute atomic E-state index is 0.574. The summed E-state index contributed by atoms with van der Waals surface area (Å²) in [6.45, 7) is 7.97. The van der Waals surface area contributed by atoms with Crippen LogP contribution in [-0.2, 0) is 0 Å². The van der Waals surface area contributed by atoms with Gasteiger partial charge in [-0.1, -0.05) is 0 Å². The topological polar surface area (TPSA) is 54.2 Å². The van der Waals surface area contributed by atoms with Crippen LogP contribution >= 0.6 is 0 Å². The Labute approximate surface area is 103 Å². The number of nitrogens with two attached hydrogens (primary N) is 1. The molecule has 1 saturated heterocycles. The van der Waals surface area contributed by atoms with E-state index < -0.39 is 0 Å². The van der Waals surface area contributed by atoms with Gasteiger partial charge >= 0.3 is 0 Å². The fraction of sp³-hybridized carbons (Fsp3) is 0.615. The third-order valence-electron chi connectivity index (χ3n) is 3.42. The number of pyridine rings is 1. The first-order chi connectivity index (χ1) is 8.15. The van der Waals surface area contributed by atoms with Gasteiger partial charge in [-0.15, -0.1) is 0 Å². The molecule has 1 aromatic rings. The van der Waals surface area contributed by atoms with Gasteiger partial charge in [0.15, 0.2) is 0 Å². The summed E-state index contributed by atoms with van der Waals surface area (Å²) in [7, 11) is 0. The van der Waals surface area contributed by atoms with Gasteiger partial charge in [0, 0.05) is 37.1 Å². The molecule has 1 atom stereocenters. The molecular formula is C13H22N4. The number of likely N-dealkylation sites (tertiary alicyclic amines) is 1. The summed E-state index contributed by atoms with van der Waals surface area (Å²) in [6.07, 6.45) is 3.03. The standard InChI is InChI=1S/C13H22N4/c1-10(2)17-6-4-11(9-17)8-16-12-3-5-15-13(14)7-12/h3,5,7,10-11H,4,6,8-9H2,1-2H3,(H3,14,15,16). The highest BCUT2D eigenvalue weighted by atomic mass is 15.2. The van der Waals surface area contributed by atoms with Crippen molar-refractivity contribution in [3.05, 3.63) is 18.3 Å². The number of rotatable bonds is 4. The van der Waals surface area contributed by atoms with E-state index in [0.29, 0.717) is 11.9 Å². The number of aromatic nitrogens is 1. The molecule has 1 aliphatic heterocycles. The molecule has 94 valence electrons. The maximum atomic E-state index is 5.64. The van der Waals surface area contributed by atoms with E-state index in [0.717, 1.165) is 18.2 Å². The summed E-state index contributed by atoms with van der Waals surface area (Å²) in [5, 5.41) is 3.44. The van der Waals surface area contributed by atoms with Crippen LogP contribution in [0.2, 0.25) is 0 Å². The normalized spacial score (nSPS) is 21.0. The number of hydrogen-bond donors (Lipinski definition) is 2. The Balaban J connectivity index is 1.80. The molecule has 0 bridgehead atoms. The zero-order chi connectivity index (χ0) is 12.3. The molecule has 0 radical (unpaired) electrons. The molecule has 0 saturated carbocycles. The molecule has 3 N–H and O–H groups in total. The summed E-state index contributed by atoms with van der Waals surface area (Å²) >= 11 is 0. The van der Waals surface area contributed by atoms with Crippen molar-refractivity contribution in [1.82, 2.24) is 9.88 Å².